The molecule has 0 saturated carbocycles. The molecule has 1 aliphatic heterocycles. The normalized spacial score (nSPS) is 14.1. The van der Waals surface area contributed by atoms with Crippen LogP contribution in [0.5, 0.6) is 0 Å². The second-order valence-electron chi connectivity index (χ2n) is 6.45. The van der Waals surface area contributed by atoms with Gasteiger partial charge in [0.1, 0.15) is 4.99 Å². The van der Waals surface area contributed by atoms with Gasteiger partial charge in [-0.2, -0.15) is 0 Å². The third-order valence-electron chi connectivity index (χ3n) is 4.67. The van der Waals surface area contributed by atoms with Gasteiger partial charge in [0.25, 0.3) is 0 Å². The van der Waals surface area contributed by atoms with Gasteiger partial charge in [-0.05, 0) is 37.7 Å². The number of rotatable bonds is 7. The van der Waals surface area contributed by atoms with Gasteiger partial charge >= 0.3 is 0 Å². The first-order valence-corrected chi connectivity index (χ1v) is 10.1. The number of para-hydroxylation sites is 1. The number of nitrogens with two attached hydrogens (primary N) is 1. The third kappa shape index (κ3) is 3.88. The van der Waals surface area contributed by atoms with Crippen LogP contribution in [0.15, 0.2) is 52.3 Å². The first-order chi connectivity index (χ1) is 12.5. The van der Waals surface area contributed by atoms with Gasteiger partial charge in [0, 0.05) is 34.5 Å². The molecule has 2 aromatic rings. The molecule has 1 atom stereocenters. The van der Waals surface area contributed by atoms with Crippen molar-refractivity contribution >= 4 is 40.3 Å². The molecule has 26 heavy (non-hydrogen) atoms. The van der Waals surface area contributed by atoms with E-state index < -0.39 is 0 Å². The molecule has 138 valence electrons. The van der Waals surface area contributed by atoms with Gasteiger partial charge < -0.3 is 15.7 Å². The largest absolute Gasteiger partial charge is 0.395 e. The second-order valence-corrected chi connectivity index (χ2v) is 7.98. The van der Waals surface area contributed by atoms with E-state index in [0.717, 1.165) is 24.3 Å². The van der Waals surface area contributed by atoms with Crippen LogP contribution in [-0.2, 0) is 0 Å². The molecule has 0 radical (unpaired) electrons. The molecule has 2 aromatic carbocycles. The quantitative estimate of drug-likeness (QED) is 0.708. The van der Waals surface area contributed by atoms with E-state index in [1.807, 2.05) is 6.07 Å². The van der Waals surface area contributed by atoms with Crippen molar-refractivity contribution in [3.63, 3.8) is 0 Å². The van der Waals surface area contributed by atoms with Gasteiger partial charge in [-0.25, -0.2) is 0 Å². The van der Waals surface area contributed by atoms with Crippen LogP contribution in [0, 0.1) is 0 Å². The Morgan fingerprint density at radius 1 is 1.23 bits per heavy atom. The highest BCUT2D eigenvalue weighted by Gasteiger charge is 2.28. The van der Waals surface area contributed by atoms with Crippen molar-refractivity contribution in [2.75, 3.05) is 31.1 Å². The Hall–Kier alpha value is -1.60. The van der Waals surface area contributed by atoms with Crippen molar-refractivity contribution < 1.29 is 5.11 Å². The van der Waals surface area contributed by atoms with Crippen molar-refractivity contribution in [1.82, 2.24) is 4.90 Å². The number of hydrogen-bond donors (Lipinski definition) is 2. The fourth-order valence-electron chi connectivity index (χ4n) is 3.39. The molecule has 0 fully saturated rings. The lowest BCUT2D eigenvalue weighted by atomic mass is 10.1. The minimum absolute atomic E-state index is 0.176. The topological polar surface area (TPSA) is 52.7 Å². The zero-order valence-electron chi connectivity index (χ0n) is 15.2. The number of hydrogen-bond acceptors (Lipinski definition) is 5. The molecule has 0 bridgehead atoms. The molecule has 0 aromatic heterocycles. The summed E-state index contributed by atoms with van der Waals surface area (Å²) in [6, 6.07) is 14.9. The minimum atomic E-state index is 0.176. The lowest BCUT2D eigenvalue weighted by Gasteiger charge is -2.39. The molecule has 1 heterocycles. The van der Waals surface area contributed by atoms with Gasteiger partial charge in [-0.1, -0.05) is 49.1 Å². The molecule has 4 nitrogen and oxygen atoms in total. The number of likely N-dealkylation sites (N-methyl/N-ethyl adjacent to an activating group) is 1. The molecule has 3 N–H and O–H groups in total. The van der Waals surface area contributed by atoms with Gasteiger partial charge in [-0.15, -0.1) is 0 Å². The van der Waals surface area contributed by atoms with E-state index in [-0.39, 0.29) is 12.6 Å². The third-order valence-corrected chi connectivity index (χ3v) is 6.04. The molecule has 0 spiro atoms. The van der Waals surface area contributed by atoms with Gasteiger partial charge in [-0.3, -0.25) is 4.90 Å². The van der Waals surface area contributed by atoms with E-state index in [1.165, 1.54) is 15.5 Å². The number of fused-ring (bicyclic) bond motifs is 2. The summed E-state index contributed by atoms with van der Waals surface area (Å²) in [5, 5.41) is 9.32. The van der Waals surface area contributed by atoms with Crippen LogP contribution >= 0.6 is 24.0 Å². The molecule has 0 amide bonds. The maximum Gasteiger partial charge on any atom is 0.104 e. The second kappa shape index (κ2) is 8.39. The monoisotopic (exact) mass is 387 g/mol. The summed E-state index contributed by atoms with van der Waals surface area (Å²) in [5.74, 6) is 0. The molecule has 3 rings (SSSR count). The summed E-state index contributed by atoms with van der Waals surface area (Å²) < 4.78 is 0. The summed E-state index contributed by atoms with van der Waals surface area (Å²) in [4.78, 5) is 7.52. The highest BCUT2D eigenvalue weighted by atomic mass is 32.2. The van der Waals surface area contributed by atoms with E-state index in [2.05, 4.69) is 60.0 Å². The Morgan fingerprint density at radius 2 is 1.96 bits per heavy atom. The van der Waals surface area contributed by atoms with E-state index in [1.54, 1.807) is 11.8 Å². The van der Waals surface area contributed by atoms with Crippen molar-refractivity contribution in [2.24, 2.45) is 5.73 Å². The average Bonchev–Trinajstić information content (AvgIpc) is 2.64. The predicted octanol–water partition coefficient (Wildman–Crippen LogP) is 3.63. The standard InChI is InChI=1S/C20H25N3OS2/c1-3-22(10-11-24)13-14(2)23-16-6-4-5-7-18(16)26-19-9-8-15(20(21)25)12-17(19)23/h4-9,12,14,24H,3,10-11,13H2,1-2H3,(H2,21,25). The Morgan fingerprint density at radius 3 is 2.65 bits per heavy atom. The zero-order valence-corrected chi connectivity index (χ0v) is 16.8. The Bertz CT molecular complexity index is 796. The Balaban J connectivity index is 2.02. The Kier molecular flexibility index (Phi) is 6.19. The fraction of sp³-hybridized carbons (Fsp3) is 0.350. The minimum Gasteiger partial charge on any atom is -0.395 e. The van der Waals surface area contributed by atoms with E-state index in [9.17, 15) is 5.11 Å². The van der Waals surface area contributed by atoms with Gasteiger partial charge in [0.15, 0.2) is 0 Å². The molecule has 1 aliphatic rings. The number of aliphatic hydroxyl groups is 1. The maximum absolute atomic E-state index is 9.32. The van der Waals surface area contributed by atoms with Crippen molar-refractivity contribution in [3.05, 3.63) is 48.0 Å². The van der Waals surface area contributed by atoms with Crippen LogP contribution in [0.1, 0.15) is 19.4 Å². The lowest BCUT2D eigenvalue weighted by Crippen LogP contribution is -2.42. The molecular weight excluding hydrogens is 362 g/mol. The van der Waals surface area contributed by atoms with Crippen LogP contribution < -0.4 is 10.6 Å². The summed E-state index contributed by atoms with van der Waals surface area (Å²) >= 11 is 6.97. The molecule has 6 heteroatoms. The highest BCUT2D eigenvalue weighted by Crippen LogP contribution is 2.49. The first-order valence-electron chi connectivity index (χ1n) is 8.88. The average molecular weight is 388 g/mol. The van der Waals surface area contributed by atoms with Crippen LogP contribution in [-0.4, -0.2) is 47.3 Å². The Labute approximate surface area is 165 Å². The maximum atomic E-state index is 9.32. The molecule has 0 aliphatic carbocycles. The summed E-state index contributed by atoms with van der Waals surface area (Å²) in [7, 11) is 0. The van der Waals surface area contributed by atoms with Crippen LogP contribution in [0.2, 0.25) is 0 Å². The van der Waals surface area contributed by atoms with Crippen molar-refractivity contribution in [3.8, 4) is 0 Å². The van der Waals surface area contributed by atoms with Crippen molar-refractivity contribution in [2.45, 2.75) is 29.7 Å². The smallest absolute Gasteiger partial charge is 0.104 e. The molecule has 0 saturated heterocycles. The highest BCUT2D eigenvalue weighted by molar-refractivity contribution is 7.99. The summed E-state index contributed by atoms with van der Waals surface area (Å²) in [6.45, 7) is 6.99. The lowest BCUT2D eigenvalue weighted by molar-refractivity contribution is 0.196. The van der Waals surface area contributed by atoms with Crippen LogP contribution in [0.25, 0.3) is 0 Å². The number of nitrogens with zero attached hydrogens (tertiary/aromatic N) is 2. The number of thiocarbonyl (C=S) groups is 1. The summed E-state index contributed by atoms with van der Waals surface area (Å²) in [6.07, 6.45) is 0. The molecule has 1 unspecified atom stereocenters. The number of aliphatic hydroxyl groups excluding tert-OH is 1. The predicted molar refractivity (Wildman–Crippen MR) is 114 cm³/mol. The van der Waals surface area contributed by atoms with E-state index in [4.69, 9.17) is 18.0 Å². The van der Waals surface area contributed by atoms with E-state index in [0.29, 0.717) is 11.5 Å². The SMILES string of the molecule is CCN(CCO)CC(C)N1c2ccccc2Sc2ccc(C(N)=S)cc21. The number of anilines is 2. The van der Waals surface area contributed by atoms with Crippen molar-refractivity contribution in [1.29, 1.82) is 0 Å². The van der Waals surface area contributed by atoms with E-state index >= 15 is 0 Å². The fourth-order valence-corrected chi connectivity index (χ4v) is 4.57. The summed E-state index contributed by atoms with van der Waals surface area (Å²) in [5.41, 5.74) is 9.11. The zero-order chi connectivity index (χ0) is 18.7. The number of benzene rings is 2. The van der Waals surface area contributed by atoms with Crippen LogP contribution in [0.3, 0.4) is 0 Å². The first kappa shape index (κ1) is 19.2. The van der Waals surface area contributed by atoms with Gasteiger partial charge in [0.2, 0.25) is 0 Å². The van der Waals surface area contributed by atoms with Gasteiger partial charge in [0.05, 0.1) is 18.0 Å². The van der Waals surface area contributed by atoms with Crippen LogP contribution in [0.4, 0.5) is 11.4 Å². The molecular formula is C20H25N3OS2.